The Hall–Kier alpha value is -0.220. The highest BCUT2D eigenvalue weighted by molar-refractivity contribution is 8.00. The lowest BCUT2D eigenvalue weighted by Gasteiger charge is -2.25. The molecule has 2 nitrogen and oxygen atoms in total. The van der Waals surface area contributed by atoms with Crippen LogP contribution in [0.1, 0.15) is 25.5 Å². The molecule has 0 aromatic heterocycles. The smallest absolute Gasteiger partial charge is 0.0611 e. The van der Waals surface area contributed by atoms with Gasteiger partial charge in [-0.05, 0) is 31.2 Å². The highest BCUT2D eigenvalue weighted by Gasteiger charge is 2.20. The molecule has 1 saturated heterocycles. The average Bonchev–Trinajstić information content (AvgIpc) is 2.24. The molecule has 1 aromatic carbocycles. The molecule has 0 bridgehead atoms. The quantitative estimate of drug-likeness (QED) is 0.886. The van der Waals surface area contributed by atoms with E-state index in [2.05, 4.69) is 37.4 Å². The van der Waals surface area contributed by atoms with Gasteiger partial charge in [0.1, 0.15) is 0 Å². The molecule has 94 valence electrons. The van der Waals surface area contributed by atoms with Crippen molar-refractivity contribution < 1.29 is 4.74 Å². The highest BCUT2D eigenvalue weighted by atomic mass is 35.5. The normalized spacial score (nSPS) is 17.8. The van der Waals surface area contributed by atoms with Crippen LogP contribution in [0.2, 0.25) is 5.02 Å². The van der Waals surface area contributed by atoms with Gasteiger partial charge in [0.2, 0.25) is 0 Å². The van der Waals surface area contributed by atoms with Crippen molar-refractivity contribution in [3.05, 3.63) is 28.8 Å². The molecular formula is C13H18ClNOS. The summed E-state index contributed by atoms with van der Waals surface area (Å²) in [5.74, 6) is 0. The number of benzene rings is 1. The van der Waals surface area contributed by atoms with Crippen molar-refractivity contribution in [3.8, 4) is 0 Å². The second kappa shape index (κ2) is 6.10. The van der Waals surface area contributed by atoms with Crippen LogP contribution < -0.4 is 5.32 Å². The standard InChI is InChI=1S/C13H18ClNOS/c1-3-15-9(2)12-5-4-10(6-13(12)14)17-11-7-16-8-11/h4-6,9,11,15H,3,7-8H2,1-2H3. The summed E-state index contributed by atoms with van der Waals surface area (Å²) >= 11 is 8.17. The summed E-state index contributed by atoms with van der Waals surface area (Å²) in [7, 11) is 0. The number of hydrogen-bond acceptors (Lipinski definition) is 3. The maximum absolute atomic E-state index is 6.32. The Morgan fingerprint density at radius 1 is 1.53 bits per heavy atom. The van der Waals surface area contributed by atoms with E-state index in [4.69, 9.17) is 16.3 Å². The number of halogens is 1. The topological polar surface area (TPSA) is 21.3 Å². The van der Waals surface area contributed by atoms with Gasteiger partial charge < -0.3 is 10.1 Å². The summed E-state index contributed by atoms with van der Waals surface area (Å²) in [6.45, 7) is 6.91. The second-order valence-electron chi connectivity index (χ2n) is 4.24. The number of hydrogen-bond donors (Lipinski definition) is 1. The Morgan fingerprint density at radius 3 is 2.82 bits per heavy atom. The molecule has 1 fully saturated rings. The molecule has 0 saturated carbocycles. The Kier molecular flexibility index (Phi) is 4.74. The molecule has 0 aliphatic carbocycles. The molecular weight excluding hydrogens is 254 g/mol. The van der Waals surface area contributed by atoms with Gasteiger partial charge >= 0.3 is 0 Å². The molecule has 0 amide bonds. The van der Waals surface area contributed by atoms with Gasteiger partial charge in [0.15, 0.2) is 0 Å². The molecule has 4 heteroatoms. The highest BCUT2D eigenvalue weighted by Crippen LogP contribution is 2.32. The fourth-order valence-electron chi connectivity index (χ4n) is 1.82. The fourth-order valence-corrected chi connectivity index (χ4v) is 3.28. The van der Waals surface area contributed by atoms with Crippen molar-refractivity contribution in [3.63, 3.8) is 0 Å². The summed E-state index contributed by atoms with van der Waals surface area (Å²) in [6.07, 6.45) is 0. The number of nitrogens with one attached hydrogen (secondary N) is 1. The monoisotopic (exact) mass is 271 g/mol. The van der Waals surface area contributed by atoms with Crippen LogP contribution in [0.3, 0.4) is 0 Å². The van der Waals surface area contributed by atoms with Gasteiger partial charge in [-0.25, -0.2) is 0 Å². The maximum Gasteiger partial charge on any atom is 0.0611 e. The molecule has 1 unspecified atom stereocenters. The Balaban J connectivity index is 2.04. The van der Waals surface area contributed by atoms with E-state index >= 15 is 0 Å². The first kappa shape index (κ1) is 13.2. The van der Waals surface area contributed by atoms with Crippen molar-refractivity contribution in [1.29, 1.82) is 0 Å². The van der Waals surface area contributed by atoms with Gasteiger partial charge in [0, 0.05) is 16.0 Å². The molecule has 1 aromatic rings. The van der Waals surface area contributed by atoms with Crippen molar-refractivity contribution in [1.82, 2.24) is 5.32 Å². The summed E-state index contributed by atoms with van der Waals surface area (Å²) in [5.41, 5.74) is 1.17. The van der Waals surface area contributed by atoms with Crippen LogP contribution >= 0.6 is 23.4 Å². The zero-order valence-electron chi connectivity index (χ0n) is 10.2. The second-order valence-corrected chi connectivity index (χ2v) is 6.02. The summed E-state index contributed by atoms with van der Waals surface area (Å²) < 4.78 is 5.17. The molecule has 2 rings (SSSR count). The lowest BCUT2D eigenvalue weighted by Crippen LogP contribution is -2.30. The number of ether oxygens (including phenoxy) is 1. The van der Waals surface area contributed by atoms with Gasteiger partial charge in [-0.3, -0.25) is 0 Å². The molecule has 1 N–H and O–H groups in total. The van der Waals surface area contributed by atoms with E-state index in [1.165, 1.54) is 10.5 Å². The summed E-state index contributed by atoms with van der Waals surface area (Å²) in [6, 6.07) is 6.64. The number of thioether (sulfide) groups is 1. The first-order chi connectivity index (χ1) is 8.20. The van der Waals surface area contributed by atoms with E-state index in [9.17, 15) is 0 Å². The molecule has 1 aliphatic heterocycles. The first-order valence-corrected chi connectivity index (χ1v) is 7.23. The van der Waals surface area contributed by atoms with E-state index in [0.717, 1.165) is 24.8 Å². The third-order valence-corrected chi connectivity index (χ3v) is 4.32. The minimum atomic E-state index is 0.304. The molecule has 1 atom stereocenters. The van der Waals surface area contributed by atoms with Crippen LogP contribution in [0.15, 0.2) is 23.1 Å². The van der Waals surface area contributed by atoms with E-state index < -0.39 is 0 Å². The molecule has 1 heterocycles. The van der Waals surface area contributed by atoms with E-state index in [1.54, 1.807) is 0 Å². The Labute approximate surface area is 112 Å². The van der Waals surface area contributed by atoms with E-state index in [-0.39, 0.29) is 0 Å². The van der Waals surface area contributed by atoms with Crippen molar-refractivity contribution in [2.75, 3.05) is 19.8 Å². The minimum Gasteiger partial charge on any atom is -0.379 e. The average molecular weight is 272 g/mol. The van der Waals surface area contributed by atoms with Crippen molar-refractivity contribution >= 4 is 23.4 Å². The van der Waals surface area contributed by atoms with Crippen LogP contribution in [-0.2, 0) is 4.74 Å². The Bertz CT molecular complexity index is 382. The summed E-state index contributed by atoms with van der Waals surface area (Å²) in [5, 5.41) is 4.82. The zero-order chi connectivity index (χ0) is 12.3. The van der Waals surface area contributed by atoms with Gasteiger partial charge in [-0.15, -0.1) is 11.8 Å². The van der Waals surface area contributed by atoms with Crippen molar-refractivity contribution in [2.24, 2.45) is 0 Å². The predicted molar refractivity (Wildman–Crippen MR) is 74.0 cm³/mol. The molecule has 0 spiro atoms. The number of rotatable bonds is 5. The van der Waals surface area contributed by atoms with Gasteiger partial charge in [-0.2, -0.15) is 0 Å². The lowest BCUT2D eigenvalue weighted by molar-refractivity contribution is 0.0455. The van der Waals surface area contributed by atoms with Crippen LogP contribution in [0.25, 0.3) is 0 Å². The van der Waals surface area contributed by atoms with Crippen LogP contribution in [0, 0.1) is 0 Å². The fraction of sp³-hybridized carbons (Fsp3) is 0.538. The molecule has 17 heavy (non-hydrogen) atoms. The zero-order valence-corrected chi connectivity index (χ0v) is 11.8. The lowest BCUT2D eigenvalue weighted by atomic mass is 10.1. The first-order valence-electron chi connectivity index (χ1n) is 5.98. The third-order valence-electron chi connectivity index (χ3n) is 2.86. The SMILES string of the molecule is CCNC(C)c1ccc(SC2COC2)cc1Cl. The van der Waals surface area contributed by atoms with Gasteiger partial charge in [0.05, 0.1) is 18.5 Å². The van der Waals surface area contributed by atoms with E-state index in [1.807, 2.05) is 11.8 Å². The molecule has 0 radical (unpaired) electrons. The van der Waals surface area contributed by atoms with E-state index in [0.29, 0.717) is 11.3 Å². The predicted octanol–water partition coefficient (Wildman–Crippen LogP) is 3.50. The van der Waals surface area contributed by atoms with Gasteiger partial charge in [-0.1, -0.05) is 24.6 Å². The summed E-state index contributed by atoms with van der Waals surface area (Å²) in [4.78, 5) is 1.23. The Morgan fingerprint density at radius 2 is 2.29 bits per heavy atom. The third kappa shape index (κ3) is 3.38. The maximum atomic E-state index is 6.32. The van der Waals surface area contributed by atoms with Crippen LogP contribution in [-0.4, -0.2) is 25.0 Å². The molecule has 1 aliphatic rings. The largest absolute Gasteiger partial charge is 0.379 e. The van der Waals surface area contributed by atoms with Crippen LogP contribution in [0.5, 0.6) is 0 Å². The van der Waals surface area contributed by atoms with Gasteiger partial charge in [0.25, 0.3) is 0 Å². The minimum absolute atomic E-state index is 0.304. The van der Waals surface area contributed by atoms with Crippen molar-refractivity contribution in [2.45, 2.75) is 30.0 Å². The van der Waals surface area contributed by atoms with Crippen LogP contribution in [0.4, 0.5) is 0 Å².